The van der Waals surface area contributed by atoms with Gasteiger partial charge in [0.05, 0.1) is 0 Å². The molecule has 6 nitrogen and oxygen atoms in total. The molecule has 0 saturated heterocycles. The van der Waals surface area contributed by atoms with Crippen LogP contribution in [0.2, 0.25) is 0 Å². The van der Waals surface area contributed by atoms with Gasteiger partial charge in [0.1, 0.15) is 0 Å². The Balaban J connectivity index is 0.00000225. The Morgan fingerprint density at radius 1 is 1.12 bits per heavy atom. The van der Waals surface area contributed by atoms with Crippen molar-refractivity contribution in [1.82, 2.24) is 0 Å². The molecule has 0 spiro atoms. The maximum Gasteiger partial charge on any atom is 0.357 e. The third-order valence-corrected chi connectivity index (χ3v) is 1.52. The molecule has 1 aromatic carbocycles. The van der Waals surface area contributed by atoms with Crippen LogP contribution in [0.1, 0.15) is 5.56 Å². The topological polar surface area (TPSA) is 114 Å². The van der Waals surface area contributed by atoms with Crippen molar-refractivity contribution in [1.29, 1.82) is 0 Å². The predicted octanol–water partition coefficient (Wildman–Crippen LogP) is 0.170. The number of rotatable bonds is 3. The Kier molecular flexibility index (Phi) is 5.58. The summed E-state index contributed by atoms with van der Waals surface area (Å²) >= 11 is 0. The number of aliphatic carboxylic acids is 1. The quantitative estimate of drug-likeness (QED) is 0.398. The zero-order chi connectivity index (χ0) is 11.3. The van der Waals surface area contributed by atoms with Gasteiger partial charge in [-0.1, -0.05) is 30.3 Å². The van der Waals surface area contributed by atoms with Crippen molar-refractivity contribution >= 4 is 30.0 Å². The van der Waals surface area contributed by atoms with E-state index in [2.05, 4.69) is 10.2 Å². The number of halogens is 1. The molecule has 16 heavy (non-hydrogen) atoms. The Labute approximate surface area is 98.1 Å². The molecule has 0 aliphatic rings. The second-order valence-corrected chi connectivity index (χ2v) is 2.64. The fraction of sp³-hybridized carbons (Fsp3) is 0. The Morgan fingerprint density at radius 3 is 2.12 bits per heavy atom. The van der Waals surface area contributed by atoms with Crippen LogP contribution in [-0.2, 0) is 4.79 Å². The summed E-state index contributed by atoms with van der Waals surface area (Å²) in [7, 11) is 0. The highest BCUT2D eigenvalue weighted by atomic mass is 35.5. The summed E-state index contributed by atoms with van der Waals surface area (Å²) in [6.07, 6.45) is 0. The summed E-state index contributed by atoms with van der Waals surface area (Å²) < 4.78 is 0. The van der Waals surface area contributed by atoms with Crippen molar-refractivity contribution in [3.63, 3.8) is 0 Å². The molecule has 0 bridgehead atoms. The lowest BCUT2D eigenvalue weighted by molar-refractivity contribution is -0.129. The van der Waals surface area contributed by atoms with Crippen molar-refractivity contribution in [3.8, 4) is 0 Å². The fourth-order valence-corrected chi connectivity index (χ4v) is 0.928. The predicted molar refractivity (Wildman–Crippen MR) is 63.7 cm³/mol. The van der Waals surface area contributed by atoms with Crippen LogP contribution in [0.3, 0.4) is 0 Å². The van der Waals surface area contributed by atoms with E-state index in [-0.39, 0.29) is 24.1 Å². The molecule has 86 valence electrons. The van der Waals surface area contributed by atoms with Crippen LogP contribution in [0, 0.1) is 0 Å². The average Bonchev–Trinajstić information content (AvgIpc) is 2.18. The lowest BCUT2D eigenvalue weighted by atomic mass is 10.1. The molecular formula is C9H11ClN4O2. The number of carbonyl (C=O) groups is 1. The molecular weight excluding hydrogens is 232 g/mol. The van der Waals surface area contributed by atoms with Gasteiger partial charge in [-0.15, -0.1) is 22.6 Å². The maximum atomic E-state index is 10.8. The third-order valence-electron chi connectivity index (χ3n) is 1.52. The number of guanidine groups is 1. The standard InChI is InChI=1S/C9H10N4O2.ClH/c10-9(11)13-12-7(8(14)15)6-4-2-1-3-5-6;/h1-5H,(H,14,15)(H4,10,11,13);1H/b12-7-;. The molecule has 1 rings (SSSR count). The van der Waals surface area contributed by atoms with Crippen molar-refractivity contribution in [2.45, 2.75) is 0 Å². The van der Waals surface area contributed by atoms with Gasteiger partial charge in [0.15, 0.2) is 5.71 Å². The summed E-state index contributed by atoms with van der Waals surface area (Å²) in [6, 6.07) is 8.38. The van der Waals surface area contributed by atoms with Crippen molar-refractivity contribution in [2.75, 3.05) is 0 Å². The average molecular weight is 243 g/mol. The van der Waals surface area contributed by atoms with Gasteiger partial charge in [0.25, 0.3) is 0 Å². The van der Waals surface area contributed by atoms with E-state index in [0.717, 1.165) is 0 Å². The van der Waals surface area contributed by atoms with E-state index >= 15 is 0 Å². The summed E-state index contributed by atoms with van der Waals surface area (Å²) in [5, 5.41) is 15.6. The van der Waals surface area contributed by atoms with Gasteiger partial charge in [-0.05, 0) is 0 Å². The van der Waals surface area contributed by atoms with Gasteiger partial charge in [-0.3, -0.25) is 0 Å². The van der Waals surface area contributed by atoms with Crippen molar-refractivity contribution in [2.24, 2.45) is 21.7 Å². The first-order chi connectivity index (χ1) is 7.11. The van der Waals surface area contributed by atoms with E-state index in [0.29, 0.717) is 5.56 Å². The zero-order valence-electron chi connectivity index (χ0n) is 8.20. The first-order valence-corrected chi connectivity index (χ1v) is 4.06. The number of nitrogens with zero attached hydrogens (tertiary/aromatic N) is 2. The van der Waals surface area contributed by atoms with Gasteiger partial charge < -0.3 is 16.6 Å². The second-order valence-electron chi connectivity index (χ2n) is 2.64. The Bertz CT molecular complexity index is 413. The van der Waals surface area contributed by atoms with Gasteiger partial charge in [0, 0.05) is 5.56 Å². The van der Waals surface area contributed by atoms with Crippen molar-refractivity contribution < 1.29 is 9.90 Å². The highest BCUT2D eigenvalue weighted by Gasteiger charge is 2.11. The first-order valence-electron chi connectivity index (χ1n) is 4.06. The summed E-state index contributed by atoms with van der Waals surface area (Å²) in [4.78, 5) is 10.8. The normalized spacial score (nSPS) is 10.1. The van der Waals surface area contributed by atoms with E-state index < -0.39 is 5.97 Å². The third kappa shape index (κ3) is 3.97. The number of benzene rings is 1. The molecule has 0 unspecified atom stereocenters. The minimum absolute atomic E-state index is 0. The van der Waals surface area contributed by atoms with E-state index in [9.17, 15) is 4.79 Å². The lowest BCUT2D eigenvalue weighted by Gasteiger charge is -1.98. The number of carboxylic acid groups (broad SMARTS) is 1. The van der Waals surface area contributed by atoms with E-state index in [4.69, 9.17) is 16.6 Å². The highest BCUT2D eigenvalue weighted by Crippen LogP contribution is 2.01. The maximum absolute atomic E-state index is 10.8. The number of hydrogen-bond acceptors (Lipinski definition) is 3. The largest absolute Gasteiger partial charge is 0.476 e. The molecule has 7 heteroatoms. The summed E-state index contributed by atoms with van der Waals surface area (Å²) in [5.74, 6) is -1.48. The van der Waals surface area contributed by atoms with E-state index in [1.807, 2.05) is 0 Å². The van der Waals surface area contributed by atoms with Crippen LogP contribution in [0.25, 0.3) is 0 Å². The van der Waals surface area contributed by atoms with Gasteiger partial charge >= 0.3 is 5.97 Å². The number of hydrogen-bond donors (Lipinski definition) is 3. The van der Waals surface area contributed by atoms with Crippen LogP contribution in [0.4, 0.5) is 0 Å². The van der Waals surface area contributed by atoms with Gasteiger partial charge in [0.2, 0.25) is 5.96 Å². The monoisotopic (exact) mass is 242 g/mol. The lowest BCUT2D eigenvalue weighted by Crippen LogP contribution is -2.22. The van der Waals surface area contributed by atoms with Crippen LogP contribution in [0.5, 0.6) is 0 Å². The minimum atomic E-state index is -1.19. The first kappa shape index (κ1) is 13.9. The van der Waals surface area contributed by atoms with E-state index in [1.54, 1.807) is 30.3 Å². The highest BCUT2D eigenvalue weighted by molar-refractivity contribution is 6.42. The van der Waals surface area contributed by atoms with Gasteiger partial charge in [-0.25, -0.2) is 4.79 Å². The molecule has 0 radical (unpaired) electrons. The number of nitrogens with two attached hydrogens (primary N) is 2. The Morgan fingerprint density at radius 2 is 1.69 bits per heavy atom. The van der Waals surface area contributed by atoms with Crippen LogP contribution in [-0.4, -0.2) is 22.7 Å². The second kappa shape index (κ2) is 6.41. The molecule has 0 aliphatic heterocycles. The van der Waals surface area contributed by atoms with Gasteiger partial charge in [-0.2, -0.15) is 0 Å². The molecule has 1 aromatic rings. The number of carboxylic acids is 1. The van der Waals surface area contributed by atoms with E-state index in [1.165, 1.54) is 0 Å². The summed E-state index contributed by atoms with van der Waals surface area (Å²) in [6.45, 7) is 0. The summed E-state index contributed by atoms with van der Waals surface area (Å²) in [5.41, 5.74) is 10.3. The SMILES string of the molecule is Cl.NC(N)=N/N=C(\C(=O)O)c1ccccc1. The molecule has 0 heterocycles. The van der Waals surface area contributed by atoms with Crippen LogP contribution in [0.15, 0.2) is 40.5 Å². The van der Waals surface area contributed by atoms with Crippen LogP contribution < -0.4 is 11.5 Å². The molecule has 0 aliphatic carbocycles. The minimum Gasteiger partial charge on any atom is -0.476 e. The molecule has 5 N–H and O–H groups in total. The van der Waals surface area contributed by atoms with Crippen LogP contribution >= 0.6 is 12.4 Å². The Hall–Kier alpha value is -2.08. The zero-order valence-corrected chi connectivity index (χ0v) is 9.02. The molecule has 0 saturated carbocycles. The molecule has 0 amide bonds. The fourth-order valence-electron chi connectivity index (χ4n) is 0.928. The van der Waals surface area contributed by atoms with Crippen molar-refractivity contribution in [3.05, 3.63) is 35.9 Å². The molecule has 0 fully saturated rings. The smallest absolute Gasteiger partial charge is 0.357 e. The molecule has 0 aromatic heterocycles. The molecule has 0 atom stereocenters.